The minimum atomic E-state index is -0.246. The highest BCUT2D eigenvalue weighted by Crippen LogP contribution is 2.28. The molecule has 0 unspecified atom stereocenters. The number of carbonyl (C=O) groups is 2. The van der Waals surface area contributed by atoms with Crippen molar-refractivity contribution in [2.45, 2.75) is 19.5 Å². The molecule has 4 heterocycles. The molecule has 1 aliphatic heterocycles. The zero-order valence-electron chi connectivity index (χ0n) is 14.4. The first-order valence-corrected chi connectivity index (χ1v) is 9.32. The van der Waals surface area contributed by atoms with Gasteiger partial charge >= 0.3 is 0 Å². The standard InChI is InChI=1S/C18H18N4O4S/c23-16(19-8-13-2-1-6-26-13)10-22-5-3-14-15(9-22)27-18(20-14)21-17(24)12-4-7-25-11-12/h1-2,4,6-7,11H,3,5,8-10H2,(H,19,23)(H,20,21,24). The van der Waals surface area contributed by atoms with Crippen molar-refractivity contribution in [1.29, 1.82) is 0 Å². The molecule has 8 nitrogen and oxygen atoms in total. The van der Waals surface area contributed by atoms with Crippen LogP contribution in [0.3, 0.4) is 0 Å². The van der Waals surface area contributed by atoms with Gasteiger partial charge in [-0.25, -0.2) is 4.98 Å². The summed E-state index contributed by atoms with van der Waals surface area (Å²) in [4.78, 5) is 31.9. The van der Waals surface area contributed by atoms with Crippen molar-refractivity contribution in [3.63, 3.8) is 0 Å². The average molecular weight is 386 g/mol. The van der Waals surface area contributed by atoms with Crippen LogP contribution in [0.15, 0.2) is 45.8 Å². The summed E-state index contributed by atoms with van der Waals surface area (Å²) in [6.45, 7) is 2.09. The van der Waals surface area contributed by atoms with Crippen LogP contribution in [0.4, 0.5) is 5.13 Å². The van der Waals surface area contributed by atoms with E-state index in [2.05, 4.69) is 20.5 Å². The Morgan fingerprint density at radius 1 is 1.30 bits per heavy atom. The van der Waals surface area contributed by atoms with E-state index in [1.54, 1.807) is 18.4 Å². The molecule has 0 aliphatic carbocycles. The number of nitrogens with zero attached hydrogens (tertiary/aromatic N) is 2. The Morgan fingerprint density at radius 2 is 2.22 bits per heavy atom. The highest BCUT2D eigenvalue weighted by atomic mass is 32.1. The van der Waals surface area contributed by atoms with Crippen LogP contribution in [-0.2, 0) is 24.3 Å². The van der Waals surface area contributed by atoms with Gasteiger partial charge in [0.25, 0.3) is 5.91 Å². The van der Waals surface area contributed by atoms with Gasteiger partial charge < -0.3 is 14.2 Å². The molecular weight excluding hydrogens is 368 g/mol. The molecule has 3 aromatic heterocycles. The number of hydrogen-bond acceptors (Lipinski definition) is 7. The number of nitrogens with one attached hydrogen (secondary N) is 2. The van der Waals surface area contributed by atoms with Gasteiger partial charge in [-0.05, 0) is 18.2 Å². The van der Waals surface area contributed by atoms with E-state index in [1.165, 1.54) is 23.9 Å². The maximum Gasteiger partial charge on any atom is 0.260 e. The van der Waals surface area contributed by atoms with Gasteiger partial charge in [-0.15, -0.1) is 11.3 Å². The number of fused-ring (bicyclic) bond motifs is 1. The molecule has 0 radical (unpaired) electrons. The van der Waals surface area contributed by atoms with Crippen molar-refractivity contribution in [1.82, 2.24) is 15.2 Å². The molecule has 0 aromatic carbocycles. The Morgan fingerprint density at radius 3 is 3.00 bits per heavy atom. The molecule has 27 heavy (non-hydrogen) atoms. The van der Waals surface area contributed by atoms with Crippen LogP contribution in [0.5, 0.6) is 0 Å². The lowest BCUT2D eigenvalue weighted by Crippen LogP contribution is -2.39. The van der Waals surface area contributed by atoms with Gasteiger partial charge in [-0.2, -0.15) is 0 Å². The largest absolute Gasteiger partial charge is 0.472 e. The molecule has 9 heteroatoms. The summed E-state index contributed by atoms with van der Waals surface area (Å²) in [6.07, 6.45) is 5.18. The molecule has 2 N–H and O–H groups in total. The summed E-state index contributed by atoms with van der Waals surface area (Å²) in [5, 5.41) is 6.21. The number of hydrogen-bond donors (Lipinski definition) is 2. The second-order valence-electron chi connectivity index (χ2n) is 6.17. The minimum absolute atomic E-state index is 0.0483. The second-order valence-corrected chi connectivity index (χ2v) is 7.26. The fourth-order valence-corrected chi connectivity index (χ4v) is 3.90. The monoisotopic (exact) mass is 386 g/mol. The molecule has 2 amide bonds. The fraction of sp³-hybridized carbons (Fsp3) is 0.278. The van der Waals surface area contributed by atoms with E-state index in [0.717, 1.165) is 29.3 Å². The molecule has 140 valence electrons. The molecule has 4 rings (SSSR count). The summed E-state index contributed by atoms with van der Waals surface area (Å²) in [5.74, 6) is 0.432. The highest BCUT2D eigenvalue weighted by molar-refractivity contribution is 7.15. The van der Waals surface area contributed by atoms with Gasteiger partial charge in [0, 0.05) is 24.4 Å². The molecule has 0 atom stereocenters. The number of furan rings is 2. The van der Waals surface area contributed by atoms with Crippen molar-refractivity contribution >= 4 is 28.3 Å². The van der Waals surface area contributed by atoms with E-state index in [4.69, 9.17) is 8.83 Å². The number of rotatable bonds is 6. The molecule has 0 bridgehead atoms. The molecule has 0 saturated carbocycles. The summed E-state index contributed by atoms with van der Waals surface area (Å²) in [5.41, 5.74) is 1.44. The normalized spacial score (nSPS) is 13.9. The minimum Gasteiger partial charge on any atom is -0.472 e. The average Bonchev–Trinajstić information content (AvgIpc) is 3.40. The van der Waals surface area contributed by atoms with Crippen LogP contribution in [0, 0.1) is 0 Å². The Kier molecular flexibility index (Phi) is 5.03. The van der Waals surface area contributed by atoms with Crippen LogP contribution in [-0.4, -0.2) is 34.8 Å². The number of carbonyl (C=O) groups excluding carboxylic acids is 2. The number of thiazole rings is 1. The maximum atomic E-state index is 12.1. The molecule has 0 fully saturated rings. The van der Waals surface area contributed by atoms with Crippen molar-refractivity contribution in [2.24, 2.45) is 0 Å². The van der Waals surface area contributed by atoms with Crippen LogP contribution in [0.2, 0.25) is 0 Å². The Hall–Kier alpha value is -2.91. The smallest absolute Gasteiger partial charge is 0.260 e. The van der Waals surface area contributed by atoms with Gasteiger partial charge in [0.05, 0.1) is 36.9 Å². The molecular formula is C18H18N4O4S. The SMILES string of the molecule is O=C(CN1CCc2nc(NC(=O)c3ccoc3)sc2C1)NCc1ccco1. The Bertz CT molecular complexity index is 917. The van der Waals surface area contributed by atoms with Crippen LogP contribution in [0.25, 0.3) is 0 Å². The molecule has 1 aliphatic rings. The van der Waals surface area contributed by atoms with Gasteiger partial charge in [0.2, 0.25) is 5.91 Å². The van der Waals surface area contributed by atoms with Crippen LogP contribution in [0.1, 0.15) is 26.7 Å². The van der Waals surface area contributed by atoms with Crippen molar-refractivity contribution < 1.29 is 18.4 Å². The third-order valence-electron chi connectivity index (χ3n) is 4.22. The van der Waals surface area contributed by atoms with E-state index in [0.29, 0.717) is 30.3 Å². The molecule has 3 aromatic rings. The second kappa shape index (κ2) is 7.77. The maximum absolute atomic E-state index is 12.1. The van der Waals surface area contributed by atoms with E-state index < -0.39 is 0 Å². The van der Waals surface area contributed by atoms with E-state index in [-0.39, 0.29) is 11.8 Å². The van der Waals surface area contributed by atoms with Gasteiger partial charge in [-0.1, -0.05) is 0 Å². The topological polar surface area (TPSA) is 101 Å². The lowest BCUT2D eigenvalue weighted by molar-refractivity contribution is -0.122. The van der Waals surface area contributed by atoms with Crippen LogP contribution >= 0.6 is 11.3 Å². The van der Waals surface area contributed by atoms with Crippen molar-refractivity contribution in [3.05, 3.63) is 58.9 Å². The van der Waals surface area contributed by atoms with Crippen LogP contribution < -0.4 is 10.6 Å². The summed E-state index contributed by atoms with van der Waals surface area (Å²) < 4.78 is 10.1. The van der Waals surface area contributed by atoms with E-state index >= 15 is 0 Å². The van der Waals surface area contributed by atoms with Gasteiger partial charge in [-0.3, -0.25) is 19.8 Å². The van der Waals surface area contributed by atoms with Crippen molar-refractivity contribution in [2.75, 3.05) is 18.4 Å². The van der Waals surface area contributed by atoms with Gasteiger partial charge in [0.15, 0.2) is 5.13 Å². The first-order chi connectivity index (χ1) is 13.2. The zero-order valence-corrected chi connectivity index (χ0v) is 15.3. The van der Waals surface area contributed by atoms with E-state index in [1.807, 2.05) is 6.07 Å². The Balaban J connectivity index is 1.31. The predicted octanol–water partition coefficient (Wildman–Crippen LogP) is 2.26. The van der Waals surface area contributed by atoms with E-state index in [9.17, 15) is 9.59 Å². The fourth-order valence-electron chi connectivity index (χ4n) is 2.86. The lowest BCUT2D eigenvalue weighted by atomic mass is 10.2. The summed E-state index contributed by atoms with van der Waals surface area (Å²) in [6, 6.07) is 5.22. The van der Waals surface area contributed by atoms with Gasteiger partial charge in [0.1, 0.15) is 12.0 Å². The highest BCUT2D eigenvalue weighted by Gasteiger charge is 2.23. The quantitative estimate of drug-likeness (QED) is 0.674. The first-order valence-electron chi connectivity index (χ1n) is 8.51. The third-order valence-corrected chi connectivity index (χ3v) is 5.22. The summed E-state index contributed by atoms with van der Waals surface area (Å²) in [7, 11) is 0. The molecule has 0 saturated heterocycles. The number of amides is 2. The number of anilines is 1. The zero-order chi connectivity index (χ0) is 18.6. The lowest BCUT2D eigenvalue weighted by Gasteiger charge is -2.24. The first kappa shape index (κ1) is 17.5. The van der Waals surface area contributed by atoms with Crippen molar-refractivity contribution in [3.8, 4) is 0 Å². The molecule has 0 spiro atoms. The predicted molar refractivity (Wildman–Crippen MR) is 98.3 cm³/mol. The third kappa shape index (κ3) is 4.26. The Labute approximate surface area is 159 Å². The number of aromatic nitrogens is 1. The summed E-state index contributed by atoms with van der Waals surface area (Å²) >= 11 is 1.44.